The number of aromatic nitrogens is 3. The Morgan fingerprint density at radius 2 is 2.44 bits per heavy atom. The lowest BCUT2D eigenvalue weighted by atomic mass is 10.4. The maximum atomic E-state index is 11.8. The van der Waals surface area contributed by atoms with Gasteiger partial charge in [0.15, 0.2) is 0 Å². The van der Waals surface area contributed by atoms with Gasteiger partial charge in [0.1, 0.15) is 5.01 Å². The zero-order valence-electron chi connectivity index (χ0n) is 9.89. The number of nitrogens with one attached hydrogen (secondary N) is 1. The molecule has 0 aromatic carbocycles. The number of hydrogen-bond donors (Lipinski definition) is 1. The molecule has 96 valence electrons. The van der Waals surface area contributed by atoms with Gasteiger partial charge in [-0.15, -0.1) is 22.9 Å². The number of rotatable bonds is 5. The Balaban J connectivity index is 1.92. The van der Waals surface area contributed by atoms with Gasteiger partial charge in [0.05, 0.1) is 29.9 Å². The lowest BCUT2D eigenvalue weighted by Crippen LogP contribution is -2.13. The SMILES string of the molecule is CCn1cc(NC(=O)Cc2nc(CCl)cs2)cn1. The summed E-state index contributed by atoms with van der Waals surface area (Å²) in [5, 5.41) is 9.50. The molecule has 2 aromatic rings. The fraction of sp³-hybridized carbons (Fsp3) is 0.364. The van der Waals surface area contributed by atoms with Crippen molar-refractivity contribution in [3.05, 3.63) is 28.5 Å². The molecule has 0 aliphatic heterocycles. The van der Waals surface area contributed by atoms with Gasteiger partial charge < -0.3 is 5.32 Å². The number of amides is 1. The molecule has 0 unspecified atom stereocenters. The van der Waals surface area contributed by atoms with E-state index in [-0.39, 0.29) is 12.3 Å². The van der Waals surface area contributed by atoms with Gasteiger partial charge in [0.2, 0.25) is 5.91 Å². The summed E-state index contributed by atoms with van der Waals surface area (Å²) in [4.78, 5) is 16.0. The van der Waals surface area contributed by atoms with Crippen LogP contribution in [0.1, 0.15) is 17.6 Å². The summed E-state index contributed by atoms with van der Waals surface area (Å²) in [5.74, 6) is 0.280. The molecular weight excluding hydrogens is 272 g/mol. The number of hydrogen-bond acceptors (Lipinski definition) is 4. The average Bonchev–Trinajstić information content (AvgIpc) is 2.98. The van der Waals surface area contributed by atoms with E-state index < -0.39 is 0 Å². The number of carbonyl (C=O) groups excluding carboxylic acids is 1. The first-order valence-corrected chi connectivity index (χ1v) is 6.94. The minimum atomic E-state index is -0.0962. The summed E-state index contributed by atoms with van der Waals surface area (Å²) in [6.45, 7) is 2.77. The third-order valence-electron chi connectivity index (χ3n) is 2.29. The molecule has 0 atom stereocenters. The molecule has 0 aliphatic carbocycles. The number of nitrogens with zero attached hydrogens (tertiary/aromatic N) is 3. The lowest BCUT2D eigenvalue weighted by Gasteiger charge is -1.99. The van der Waals surface area contributed by atoms with Gasteiger partial charge in [-0.3, -0.25) is 9.48 Å². The average molecular weight is 285 g/mol. The normalized spacial score (nSPS) is 10.6. The Morgan fingerprint density at radius 3 is 3.06 bits per heavy atom. The van der Waals surface area contributed by atoms with Crippen LogP contribution >= 0.6 is 22.9 Å². The van der Waals surface area contributed by atoms with Crippen LogP contribution in [0.5, 0.6) is 0 Å². The zero-order valence-corrected chi connectivity index (χ0v) is 11.5. The molecule has 18 heavy (non-hydrogen) atoms. The fourth-order valence-corrected chi connectivity index (χ4v) is 2.46. The Kier molecular flexibility index (Phi) is 4.33. The van der Waals surface area contributed by atoms with Crippen LogP contribution in [-0.4, -0.2) is 20.7 Å². The van der Waals surface area contributed by atoms with Crippen LogP contribution in [0.3, 0.4) is 0 Å². The lowest BCUT2D eigenvalue weighted by molar-refractivity contribution is -0.115. The highest BCUT2D eigenvalue weighted by molar-refractivity contribution is 7.09. The van der Waals surface area contributed by atoms with Crippen molar-refractivity contribution in [1.82, 2.24) is 14.8 Å². The summed E-state index contributed by atoms with van der Waals surface area (Å²) in [7, 11) is 0. The standard InChI is InChI=1S/C11H13ClN4OS/c1-2-16-6-9(5-13-16)14-10(17)3-11-15-8(4-12)7-18-11/h5-7H,2-4H2,1H3,(H,14,17). The maximum Gasteiger partial charge on any atom is 0.231 e. The monoisotopic (exact) mass is 284 g/mol. The first kappa shape index (κ1) is 13.0. The number of anilines is 1. The highest BCUT2D eigenvalue weighted by atomic mass is 35.5. The fourth-order valence-electron chi connectivity index (χ4n) is 1.44. The van der Waals surface area contributed by atoms with E-state index in [0.717, 1.165) is 17.2 Å². The van der Waals surface area contributed by atoms with Gasteiger partial charge in [0, 0.05) is 18.1 Å². The second-order valence-electron chi connectivity index (χ2n) is 3.68. The minimum Gasteiger partial charge on any atom is -0.323 e. The molecule has 1 N–H and O–H groups in total. The van der Waals surface area contributed by atoms with Gasteiger partial charge >= 0.3 is 0 Å². The molecule has 2 heterocycles. The predicted molar refractivity (Wildman–Crippen MR) is 71.9 cm³/mol. The molecular formula is C11H13ClN4OS. The number of thiazole rings is 1. The van der Waals surface area contributed by atoms with E-state index in [4.69, 9.17) is 11.6 Å². The van der Waals surface area contributed by atoms with Crippen molar-refractivity contribution in [3.8, 4) is 0 Å². The molecule has 2 aromatic heterocycles. The van der Waals surface area contributed by atoms with Crippen molar-refractivity contribution >= 4 is 34.5 Å². The van der Waals surface area contributed by atoms with E-state index in [2.05, 4.69) is 15.4 Å². The first-order chi connectivity index (χ1) is 8.71. The Hall–Kier alpha value is -1.40. The van der Waals surface area contributed by atoms with Gasteiger partial charge in [-0.1, -0.05) is 0 Å². The summed E-state index contributed by atoms with van der Waals surface area (Å²) >= 11 is 7.10. The zero-order chi connectivity index (χ0) is 13.0. The summed E-state index contributed by atoms with van der Waals surface area (Å²) in [6, 6.07) is 0. The second kappa shape index (κ2) is 5.97. The van der Waals surface area contributed by atoms with Crippen molar-refractivity contribution in [2.45, 2.75) is 25.8 Å². The second-order valence-corrected chi connectivity index (χ2v) is 4.89. The Morgan fingerprint density at radius 1 is 1.61 bits per heavy atom. The van der Waals surface area contributed by atoms with Crippen LogP contribution in [0.4, 0.5) is 5.69 Å². The molecule has 7 heteroatoms. The van der Waals surface area contributed by atoms with Crippen molar-refractivity contribution in [2.75, 3.05) is 5.32 Å². The molecule has 0 radical (unpaired) electrons. The van der Waals surface area contributed by atoms with E-state index >= 15 is 0 Å². The van der Waals surface area contributed by atoms with Crippen molar-refractivity contribution in [1.29, 1.82) is 0 Å². The molecule has 2 rings (SSSR count). The number of carbonyl (C=O) groups is 1. The van der Waals surface area contributed by atoms with Gasteiger partial charge in [0.25, 0.3) is 0 Å². The smallest absolute Gasteiger partial charge is 0.231 e. The molecule has 0 saturated carbocycles. The topological polar surface area (TPSA) is 59.8 Å². The van der Waals surface area contributed by atoms with Crippen molar-refractivity contribution < 1.29 is 4.79 Å². The summed E-state index contributed by atoms with van der Waals surface area (Å²) in [6.07, 6.45) is 3.69. The van der Waals surface area contributed by atoms with Crippen LogP contribution in [0.25, 0.3) is 0 Å². The summed E-state index contributed by atoms with van der Waals surface area (Å²) < 4.78 is 1.75. The minimum absolute atomic E-state index is 0.0962. The highest BCUT2D eigenvalue weighted by Gasteiger charge is 2.09. The van der Waals surface area contributed by atoms with E-state index in [0.29, 0.717) is 11.6 Å². The van der Waals surface area contributed by atoms with Crippen LogP contribution < -0.4 is 5.32 Å². The molecule has 0 fully saturated rings. The summed E-state index contributed by atoms with van der Waals surface area (Å²) in [5.41, 5.74) is 1.51. The molecule has 0 bridgehead atoms. The van der Waals surface area contributed by atoms with Crippen LogP contribution in [-0.2, 0) is 23.6 Å². The third-order valence-corrected chi connectivity index (χ3v) is 3.46. The number of halogens is 1. The molecule has 0 saturated heterocycles. The van der Waals surface area contributed by atoms with E-state index in [1.54, 1.807) is 17.1 Å². The Bertz CT molecular complexity index is 490. The van der Waals surface area contributed by atoms with Crippen molar-refractivity contribution in [2.24, 2.45) is 0 Å². The van der Waals surface area contributed by atoms with Crippen LogP contribution in [0.15, 0.2) is 17.8 Å². The van der Waals surface area contributed by atoms with E-state index in [1.807, 2.05) is 12.3 Å². The van der Waals surface area contributed by atoms with Crippen LogP contribution in [0.2, 0.25) is 0 Å². The first-order valence-electron chi connectivity index (χ1n) is 5.52. The van der Waals surface area contributed by atoms with Gasteiger partial charge in [-0.05, 0) is 6.92 Å². The van der Waals surface area contributed by atoms with Crippen molar-refractivity contribution in [3.63, 3.8) is 0 Å². The largest absolute Gasteiger partial charge is 0.323 e. The molecule has 0 spiro atoms. The Labute approximate surface area is 114 Å². The molecule has 5 nitrogen and oxygen atoms in total. The van der Waals surface area contributed by atoms with Gasteiger partial charge in [-0.2, -0.15) is 5.10 Å². The number of aryl methyl sites for hydroxylation is 1. The molecule has 0 aliphatic rings. The quantitative estimate of drug-likeness (QED) is 0.857. The van der Waals surface area contributed by atoms with Crippen LogP contribution in [0, 0.1) is 0 Å². The maximum absolute atomic E-state index is 11.8. The predicted octanol–water partition coefficient (Wildman–Crippen LogP) is 2.28. The van der Waals surface area contributed by atoms with E-state index in [1.165, 1.54) is 11.3 Å². The third kappa shape index (κ3) is 3.30. The highest BCUT2D eigenvalue weighted by Crippen LogP contribution is 2.13. The van der Waals surface area contributed by atoms with Gasteiger partial charge in [-0.25, -0.2) is 4.98 Å². The van der Waals surface area contributed by atoms with E-state index in [9.17, 15) is 4.79 Å². The molecule has 1 amide bonds. The number of alkyl halides is 1.